The molecule has 0 aliphatic rings. The lowest BCUT2D eigenvalue weighted by molar-refractivity contribution is -0.131. The Bertz CT molecular complexity index is 795. The van der Waals surface area contributed by atoms with Crippen molar-refractivity contribution in [2.45, 2.75) is 6.92 Å². The van der Waals surface area contributed by atoms with Crippen molar-refractivity contribution in [1.29, 1.82) is 0 Å². The Morgan fingerprint density at radius 3 is 2.12 bits per heavy atom. The van der Waals surface area contributed by atoms with Crippen LogP contribution in [0.2, 0.25) is 0 Å². The average Bonchev–Trinajstić information content (AvgIpc) is 2.55. The molecule has 0 radical (unpaired) electrons. The fraction of sp³-hybridized carbons (Fsp3) is 0.0556. The Hall–Kier alpha value is -3.41. The highest BCUT2D eigenvalue weighted by molar-refractivity contribution is 6.05. The Morgan fingerprint density at radius 2 is 1.54 bits per heavy atom. The first-order valence-corrected chi connectivity index (χ1v) is 7.14. The third-order valence-electron chi connectivity index (χ3n) is 3.07. The predicted molar refractivity (Wildman–Crippen MR) is 91.0 cm³/mol. The largest absolute Gasteiger partial charge is 0.478 e. The molecule has 122 valence electrons. The number of carboxylic acids is 1. The van der Waals surface area contributed by atoms with Crippen LogP contribution in [-0.4, -0.2) is 22.9 Å². The molecule has 0 atom stereocenters. The van der Waals surface area contributed by atoms with Gasteiger partial charge in [-0.15, -0.1) is 0 Å². The zero-order chi connectivity index (χ0) is 17.5. The first kappa shape index (κ1) is 17.0. The maximum Gasteiger partial charge on any atom is 0.328 e. The standard InChI is InChI=1S/C18H16N2O4/c1-12-3-2-4-13(11-12)18(24)20-15-7-5-14(6-8-15)19-16(21)9-10-17(22)23/h2-11H,1H3,(H,19,21)(H,20,24)(H,22,23)/b10-9+. The molecule has 6 nitrogen and oxygen atoms in total. The van der Waals surface area contributed by atoms with Gasteiger partial charge in [-0.3, -0.25) is 9.59 Å². The molecule has 0 saturated heterocycles. The van der Waals surface area contributed by atoms with Crippen molar-refractivity contribution in [2.24, 2.45) is 0 Å². The predicted octanol–water partition coefficient (Wildman–Crippen LogP) is 2.83. The number of amides is 2. The van der Waals surface area contributed by atoms with Crippen molar-refractivity contribution >= 4 is 29.2 Å². The van der Waals surface area contributed by atoms with E-state index in [4.69, 9.17) is 5.11 Å². The number of aliphatic carboxylic acids is 1. The van der Waals surface area contributed by atoms with Gasteiger partial charge in [-0.05, 0) is 43.3 Å². The molecule has 0 unspecified atom stereocenters. The van der Waals surface area contributed by atoms with Gasteiger partial charge in [0.05, 0.1) is 0 Å². The van der Waals surface area contributed by atoms with Gasteiger partial charge in [0.1, 0.15) is 0 Å². The molecule has 2 rings (SSSR count). The van der Waals surface area contributed by atoms with E-state index in [9.17, 15) is 14.4 Å². The van der Waals surface area contributed by atoms with E-state index < -0.39 is 11.9 Å². The summed E-state index contributed by atoms with van der Waals surface area (Å²) in [6, 6.07) is 13.7. The molecule has 0 fully saturated rings. The second-order valence-electron chi connectivity index (χ2n) is 5.06. The second-order valence-corrected chi connectivity index (χ2v) is 5.06. The van der Waals surface area contributed by atoms with Crippen molar-refractivity contribution in [2.75, 3.05) is 10.6 Å². The van der Waals surface area contributed by atoms with Gasteiger partial charge in [0, 0.05) is 29.1 Å². The molecule has 0 bridgehead atoms. The van der Waals surface area contributed by atoms with Crippen molar-refractivity contribution in [3.63, 3.8) is 0 Å². The summed E-state index contributed by atoms with van der Waals surface area (Å²) < 4.78 is 0. The van der Waals surface area contributed by atoms with E-state index in [1.165, 1.54) is 0 Å². The molecule has 6 heteroatoms. The molecule has 0 heterocycles. The van der Waals surface area contributed by atoms with Gasteiger partial charge in [0.15, 0.2) is 0 Å². The van der Waals surface area contributed by atoms with Crippen molar-refractivity contribution < 1.29 is 19.5 Å². The first-order valence-electron chi connectivity index (χ1n) is 7.14. The SMILES string of the molecule is Cc1cccc(C(=O)Nc2ccc(NC(=O)/C=C/C(=O)O)cc2)c1. The lowest BCUT2D eigenvalue weighted by Gasteiger charge is -2.07. The summed E-state index contributed by atoms with van der Waals surface area (Å²) in [5.41, 5.74) is 2.63. The van der Waals surface area contributed by atoms with Gasteiger partial charge in [0.2, 0.25) is 5.91 Å². The van der Waals surface area contributed by atoms with E-state index >= 15 is 0 Å². The molecular formula is C18H16N2O4. The van der Waals surface area contributed by atoms with E-state index in [1.807, 2.05) is 19.1 Å². The number of hydrogen-bond acceptors (Lipinski definition) is 3. The highest BCUT2D eigenvalue weighted by Gasteiger charge is 2.06. The first-order chi connectivity index (χ1) is 11.4. The Morgan fingerprint density at radius 1 is 0.917 bits per heavy atom. The summed E-state index contributed by atoms with van der Waals surface area (Å²) in [7, 11) is 0. The van der Waals surface area contributed by atoms with Crippen molar-refractivity contribution in [3.05, 3.63) is 71.8 Å². The smallest absolute Gasteiger partial charge is 0.328 e. The molecule has 0 aliphatic carbocycles. The second kappa shape index (κ2) is 7.73. The third kappa shape index (κ3) is 5.10. The normalized spacial score (nSPS) is 10.4. The minimum atomic E-state index is -1.20. The van der Waals surface area contributed by atoms with Crippen LogP contribution in [0.5, 0.6) is 0 Å². The summed E-state index contributed by atoms with van der Waals surface area (Å²) in [5, 5.41) is 13.7. The number of carbonyl (C=O) groups is 3. The van der Waals surface area contributed by atoms with E-state index in [0.29, 0.717) is 16.9 Å². The number of anilines is 2. The van der Waals surface area contributed by atoms with Crippen LogP contribution in [-0.2, 0) is 9.59 Å². The number of nitrogens with one attached hydrogen (secondary N) is 2. The van der Waals surface area contributed by atoms with Crippen LogP contribution in [0.1, 0.15) is 15.9 Å². The molecule has 2 aromatic rings. The maximum atomic E-state index is 12.1. The van der Waals surface area contributed by atoms with Crippen LogP contribution in [0.3, 0.4) is 0 Å². The molecule has 2 aromatic carbocycles. The molecule has 0 aromatic heterocycles. The summed E-state index contributed by atoms with van der Waals surface area (Å²) in [6.07, 6.45) is 1.68. The van der Waals surface area contributed by atoms with Gasteiger partial charge in [-0.1, -0.05) is 17.7 Å². The summed E-state index contributed by atoms with van der Waals surface area (Å²) in [6.45, 7) is 1.91. The zero-order valence-corrected chi connectivity index (χ0v) is 12.9. The number of carboxylic acid groups (broad SMARTS) is 1. The average molecular weight is 324 g/mol. The summed E-state index contributed by atoms with van der Waals surface area (Å²) in [4.78, 5) is 33.9. The van der Waals surface area contributed by atoms with E-state index in [1.54, 1.807) is 36.4 Å². The van der Waals surface area contributed by atoms with Crippen LogP contribution in [0.25, 0.3) is 0 Å². The number of aryl methyl sites for hydroxylation is 1. The molecule has 2 amide bonds. The minimum Gasteiger partial charge on any atom is -0.478 e. The topological polar surface area (TPSA) is 95.5 Å². The van der Waals surface area contributed by atoms with Crippen LogP contribution in [0.4, 0.5) is 11.4 Å². The fourth-order valence-electron chi connectivity index (χ4n) is 1.96. The Kier molecular flexibility index (Phi) is 5.46. The lowest BCUT2D eigenvalue weighted by atomic mass is 10.1. The van der Waals surface area contributed by atoms with Crippen LogP contribution in [0.15, 0.2) is 60.7 Å². The molecule has 0 spiro atoms. The zero-order valence-electron chi connectivity index (χ0n) is 12.9. The summed E-state index contributed by atoms with van der Waals surface area (Å²) >= 11 is 0. The number of hydrogen-bond donors (Lipinski definition) is 3. The quantitative estimate of drug-likeness (QED) is 0.737. The van der Waals surface area contributed by atoms with Gasteiger partial charge in [-0.25, -0.2) is 4.79 Å². The summed E-state index contributed by atoms with van der Waals surface area (Å²) in [5.74, 6) is -1.96. The molecular weight excluding hydrogens is 308 g/mol. The number of rotatable bonds is 5. The fourth-order valence-corrected chi connectivity index (χ4v) is 1.96. The highest BCUT2D eigenvalue weighted by Crippen LogP contribution is 2.15. The van der Waals surface area contributed by atoms with Gasteiger partial charge < -0.3 is 15.7 Å². The van der Waals surface area contributed by atoms with Crippen molar-refractivity contribution in [3.8, 4) is 0 Å². The van der Waals surface area contributed by atoms with Crippen molar-refractivity contribution in [1.82, 2.24) is 0 Å². The van der Waals surface area contributed by atoms with E-state index in [-0.39, 0.29) is 5.91 Å². The molecule has 0 saturated carbocycles. The van der Waals surface area contributed by atoms with E-state index in [2.05, 4.69) is 10.6 Å². The maximum absolute atomic E-state index is 12.1. The molecule has 24 heavy (non-hydrogen) atoms. The molecule has 3 N–H and O–H groups in total. The van der Waals surface area contributed by atoms with E-state index in [0.717, 1.165) is 17.7 Å². The Labute approximate surface area is 138 Å². The minimum absolute atomic E-state index is 0.222. The van der Waals surface area contributed by atoms with Gasteiger partial charge in [0.25, 0.3) is 5.91 Å². The Balaban J connectivity index is 1.98. The lowest BCUT2D eigenvalue weighted by Crippen LogP contribution is -2.12. The van der Waals surface area contributed by atoms with Crippen LogP contribution in [0, 0.1) is 6.92 Å². The highest BCUT2D eigenvalue weighted by atomic mass is 16.4. The van der Waals surface area contributed by atoms with Gasteiger partial charge in [-0.2, -0.15) is 0 Å². The number of carbonyl (C=O) groups excluding carboxylic acids is 2. The van der Waals surface area contributed by atoms with Crippen LogP contribution < -0.4 is 10.6 Å². The van der Waals surface area contributed by atoms with Crippen LogP contribution >= 0.6 is 0 Å². The third-order valence-corrected chi connectivity index (χ3v) is 3.07. The number of benzene rings is 2. The van der Waals surface area contributed by atoms with Gasteiger partial charge >= 0.3 is 5.97 Å². The monoisotopic (exact) mass is 324 g/mol. The molecule has 0 aliphatic heterocycles.